The second-order valence-electron chi connectivity index (χ2n) is 7.07. The minimum Gasteiger partial charge on any atom is -0.493 e. The molecule has 0 radical (unpaired) electrons. The third-order valence-corrected chi connectivity index (χ3v) is 6.05. The van der Waals surface area contributed by atoms with Gasteiger partial charge in [-0.2, -0.15) is 0 Å². The van der Waals surface area contributed by atoms with Crippen LogP contribution >= 0.6 is 23.2 Å². The Kier molecular flexibility index (Phi) is 7.28. The fourth-order valence-corrected chi connectivity index (χ4v) is 4.14. The van der Waals surface area contributed by atoms with E-state index in [4.69, 9.17) is 32.7 Å². The smallest absolute Gasteiger partial charge is 0.306 e. The number of halogens is 2. The molecular weight excluding hydrogens is 413 g/mol. The van der Waals surface area contributed by atoms with Crippen molar-refractivity contribution in [1.82, 2.24) is 4.90 Å². The fourth-order valence-electron chi connectivity index (χ4n) is 3.83. The summed E-state index contributed by atoms with van der Waals surface area (Å²) in [5.74, 6) is 0.333. The van der Waals surface area contributed by atoms with Gasteiger partial charge in [0.25, 0.3) is 0 Å². The number of hydrogen-bond donors (Lipinski definition) is 1. The summed E-state index contributed by atoms with van der Waals surface area (Å²) < 4.78 is 11.2. The van der Waals surface area contributed by atoms with Gasteiger partial charge in [0.1, 0.15) is 0 Å². The van der Waals surface area contributed by atoms with E-state index in [0.717, 1.165) is 11.1 Å². The third kappa shape index (κ3) is 4.97. The number of aliphatic carboxylic acids is 1. The van der Waals surface area contributed by atoms with Crippen LogP contribution in [0.4, 0.5) is 0 Å². The second kappa shape index (κ2) is 9.70. The first-order valence-corrected chi connectivity index (χ1v) is 10.4. The first-order valence-electron chi connectivity index (χ1n) is 9.67. The summed E-state index contributed by atoms with van der Waals surface area (Å²) in [7, 11) is 1.62. The maximum absolute atomic E-state index is 11.4. The van der Waals surface area contributed by atoms with Gasteiger partial charge in [-0.1, -0.05) is 35.3 Å². The number of rotatable bonds is 7. The van der Waals surface area contributed by atoms with Crippen LogP contribution in [0.3, 0.4) is 0 Å². The summed E-state index contributed by atoms with van der Waals surface area (Å²) in [6.07, 6.45) is 1.22. The summed E-state index contributed by atoms with van der Waals surface area (Å²) in [5, 5.41) is 10.3. The highest BCUT2D eigenvalue weighted by Crippen LogP contribution is 2.38. The van der Waals surface area contributed by atoms with Crippen LogP contribution in [0, 0.1) is 5.92 Å². The van der Waals surface area contributed by atoms with Gasteiger partial charge in [-0.3, -0.25) is 9.69 Å². The van der Waals surface area contributed by atoms with Gasteiger partial charge in [-0.05, 0) is 68.2 Å². The van der Waals surface area contributed by atoms with Crippen LogP contribution in [-0.4, -0.2) is 42.8 Å². The number of benzene rings is 2. The van der Waals surface area contributed by atoms with Gasteiger partial charge in [0.15, 0.2) is 11.5 Å². The largest absolute Gasteiger partial charge is 0.493 e. The molecule has 156 valence electrons. The van der Waals surface area contributed by atoms with Gasteiger partial charge >= 0.3 is 5.97 Å². The van der Waals surface area contributed by atoms with Crippen molar-refractivity contribution >= 4 is 29.2 Å². The predicted octanol–water partition coefficient (Wildman–Crippen LogP) is 5.29. The van der Waals surface area contributed by atoms with E-state index in [9.17, 15) is 9.90 Å². The van der Waals surface area contributed by atoms with Crippen LogP contribution in [0.25, 0.3) is 0 Å². The Morgan fingerprint density at radius 3 is 2.34 bits per heavy atom. The molecule has 0 aromatic heterocycles. The molecule has 1 N–H and O–H groups in total. The minimum atomic E-state index is -0.724. The van der Waals surface area contributed by atoms with E-state index in [1.165, 1.54) is 0 Å². The summed E-state index contributed by atoms with van der Waals surface area (Å²) in [5.41, 5.74) is 2.02. The number of ether oxygens (including phenoxy) is 2. The molecule has 1 unspecified atom stereocenters. The van der Waals surface area contributed by atoms with Gasteiger partial charge in [0, 0.05) is 0 Å². The number of carboxylic acid groups (broad SMARTS) is 1. The highest BCUT2D eigenvalue weighted by molar-refractivity contribution is 6.42. The van der Waals surface area contributed by atoms with Crippen LogP contribution < -0.4 is 9.47 Å². The van der Waals surface area contributed by atoms with Gasteiger partial charge in [-0.15, -0.1) is 0 Å². The Bertz CT molecular complexity index is 866. The van der Waals surface area contributed by atoms with Gasteiger partial charge in [-0.25, -0.2) is 0 Å². The molecule has 1 heterocycles. The Morgan fingerprint density at radius 1 is 1.10 bits per heavy atom. The van der Waals surface area contributed by atoms with Crippen LogP contribution in [0.15, 0.2) is 36.4 Å². The molecule has 0 aliphatic carbocycles. The van der Waals surface area contributed by atoms with Crippen molar-refractivity contribution in [3.63, 3.8) is 0 Å². The van der Waals surface area contributed by atoms with Gasteiger partial charge in [0.05, 0.1) is 35.7 Å². The lowest BCUT2D eigenvalue weighted by Crippen LogP contribution is -2.39. The van der Waals surface area contributed by atoms with Gasteiger partial charge in [0.2, 0.25) is 0 Å². The quantitative estimate of drug-likeness (QED) is 0.637. The van der Waals surface area contributed by atoms with Crippen molar-refractivity contribution < 1.29 is 19.4 Å². The van der Waals surface area contributed by atoms with E-state index in [1.807, 2.05) is 37.3 Å². The van der Waals surface area contributed by atoms with Crippen LogP contribution in [0.1, 0.15) is 36.9 Å². The summed E-state index contributed by atoms with van der Waals surface area (Å²) in [4.78, 5) is 13.6. The summed E-state index contributed by atoms with van der Waals surface area (Å²) in [6, 6.07) is 11.4. The van der Waals surface area contributed by atoms with Crippen LogP contribution in [-0.2, 0) is 4.79 Å². The molecule has 1 aliphatic rings. The van der Waals surface area contributed by atoms with E-state index in [1.54, 1.807) is 13.2 Å². The molecule has 2 aromatic rings. The first kappa shape index (κ1) is 21.8. The maximum Gasteiger partial charge on any atom is 0.306 e. The highest BCUT2D eigenvalue weighted by Gasteiger charge is 2.31. The van der Waals surface area contributed by atoms with E-state index in [-0.39, 0.29) is 12.0 Å². The van der Waals surface area contributed by atoms with Crippen LogP contribution in [0.5, 0.6) is 11.5 Å². The fraction of sp³-hybridized carbons (Fsp3) is 0.409. The molecule has 3 rings (SSSR count). The number of likely N-dealkylation sites (tertiary alicyclic amines) is 1. The van der Waals surface area contributed by atoms with Crippen molar-refractivity contribution in [3.8, 4) is 11.5 Å². The van der Waals surface area contributed by atoms with E-state index in [2.05, 4.69) is 4.90 Å². The zero-order chi connectivity index (χ0) is 21.0. The molecule has 0 amide bonds. The SMILES string of the molecule is CCOc1ccc(C(c2ccc(Cl)c(Cl)c2)N2CCC(C(=O)O)CC2)cc1OC. The summed E-state index contributed by atoms with van der Waals surface area (Å²) in [6.45, 7) is 3.84. The molecule has 1 fully saturated rings. The molecule has 1 atom stereocenters. The molecule has 5 nitrogen and oxygen atoms in total. The monoisotopic (exact) mass is 437 g/mol. The molecule has 1 saturated heterocycles. The molecule has 7 heteroatoms. The highest BCUT2D eigenvalue weighted by atomic mass is 35.5. The van der Waals surface area contributed by atoms with E-state index >= 15 is 0 Å². The van der Waals surface area contributed by atoms with Crippen molar-refractivity contribution in [2.24, 2.45) is 5.92 Å². The van der Waals surface area contributed by atoms with Gasteiger partial charge < -0.3 is 14.6 Å². The number of piperidine rings is 1. The zero-order valence-electron chi connectivity index (χ0n) is 16.5. The molecule has 0 bridgehead atoms. The van der Waals surface area contributed by atoms with Crippen molar-refractivity contribution in [2.45, 2.75) is 25.8 Å². The standard InChI is InChI=1S/C22H25Cl2NO4/c1-3-29-19-7-5-16(13-20(19)28-2)21(15-4-6-17(23)18(24)12-15)25-10-8-14(9-11-25)22(26)27/h4-7,12-14,21H,3,8-11H2,1-2H3,(H,26,27). The van der Waals surface area contributed by atoms with E-state index < -0.39 is 5.97 Å². The Hall–Kier alpha value is -1.95. The first-order chi connectivity index (χ1) is 13.9. The zero-order valence-corrected chi connectivity index (χ0v) is 18.0. The lowest BCUT2D eigenvalue weighted by atomic mass is 9.91. The Balaban J connectivity index is 1.99. The minimum absolute atomic E-state index is 0.0934. The average Bonchev–Trinajstić information content (AvgIpc) is 2.72. The number of carbonyl (C=O) groups is 1. The lowest BCUT2D eigenvalue weighted by Gasteiger charge is -2.37. The predicted molar refractivity (Wildman–Crippen MR) is 114 cm³/mol. The van der Waals surface area contributed by atoms with Crippen LogP contribution in [0.2, 0.25) is 10.0 Å². The number of hydrogen-bond acceptors (Lipinski definition) is 4. The molecule has 2 aromatic carbocycles. The van der Waals surface area contributed by atoms with Crippen molar-refractivity contribution in [1.29, 1.82) is 0 Å². The number of nitrogens with zero attached hydrogens (tertiary/aromatic N) is 1. The molecular formula is C22H25Cl2NO4. The topological polar surface area (TPSA) is 59.0 Å². The number of carboxylic acids is 1. The van der Waals surface area contributed by atoms with Crippen molar-refractivity contribution in [3.05, 3.63) is 57.6 Å². The molecule has 29 heavy (non-hydrogen) atoms. The second-order valence-corrected chi connectivity index (χ2v) is 7.88. The Morgan fingerprint density at radius 2 is 1.76 bits per heavy atom. The lowest BCUT2D eigenvalue weighted by molar-refractivity contribution is -0.143. The molecule has 1 aliphatic heterocycles. The molecule has 0 saturated carbocycles. The maximum atomic E-state index is 11.4. The number of methoxy groups -OCH3 is 1. The summed E-state index contributed by atoms with van der Waals surface area (Å²) >= 11 is 12.4. The normalized spacial score (nSPS) is 16.4. The third-order valence-electron chi connectivity index (χ3n) is 5.31. The Labute approximate surface area is 181 Å². The van der Waals surface area contributed by atoms with Crippen molar-refractivity contribution in [2.75, 3.05) is 26.8 Å². The molecule has 0 spiro atoms. The van der Waals surface area contributed by atoms with E-state index in [0.29, 0.717) is 54.1 Å². The average molecular weight is 438 g/mol.